The van der Waals surface area contributed by atoms with E-state index in [1.165, 1.54) is 12.1 Å². The molecule has 0 aliphatic heterocycles. The van der Waals surface area contributed by atoms with Gasteiger partial charge in [-0.2, -0.15) is 0 Å². The topological polar surface area (TPSA) is 32.3 Å². The second-order valence-electron chi connectivity index (χ2n) is 3.77. The predicted molar refractivity (Wildman–Crippen MR) is 82.3 cm³/mol. The van der Waals surface area contributed by atoms with Crippen LogP contribution in [0.5, 0.6) is 5.75 Å². The maximum absolute atomic E-state index is 13.1. The quantitative estimate of drug-likeness (QED) is 0.714. The lowest BCUT2D eigenvalue weighted by atomic mass is 10.2. The van der Waals surface area contributed by atoms with Crippen LogP contribution in [0.2, 0.25) is 0 Å². The molecule has 2 aromatic rings. The number of phenols is 1. The van der Waals surface area contributed by atoms with E-state index in [2.05, 4.69) is 43.8 Å². The fourth-order valence-electron chi connectivity index (χ4n) is 1.47. The molecule has 0 saturated heterocycles. The number of hydrogen-bond donors (Lipinski definition) is 2. The highest BCUT2D eigenvalue weighted by atomic mass is 127. The molecule has 0 amide bonds. The Balaban J connectivity index is 2.06. The molecule has 0 unspecified atom stereocenters. The Hall–Kier alpha value is -0.820. The minimum absolute atomic E-state index is 0.322. The summed E-state index contributed by atoms with van der Waals surface area (Å²) in [4.78, 5) is 0. The minimum atomic E-state index is -0.598. The molecule has 0 bridgehead atoms. The molecule has 0 aromatic heterocycles. The van der Waals surface area contributed by atoms with E-state index in [4.69, 9.17) is 5.11 Å². The van der Waals surface area contributed by atoms with Crippen molar-refractivity contribution in [1.82, 2.24) is 0 Å². The average molecular weight is 422 g/mol. The van der Waals surface area contributed by atoms with E-state index in [0.29, 0.717) is 6.54 Å². The molecule has 2 aromatic carbocycles. The lowest BCUT2D eigenvalue weighted by Gasteiger charge is -2.08. The number of benzene rings is 2. The molecule has 0 fully saturated rings. The largest absolute Gasteiger partial charge is 0.505 e. The first-order valence-electron chi connectivity index (χ1n) is 5.22. The van der Waals surface area contributed by atoms with Crippen LogP contribution in [0.3, 0.4) is 0 Å². The van der Waals surface area contributed by atoms with Gasteiger partial charge in [0.15, 0.2) is 11.6 Å². The van der Waals surface area contributed by atoms with E-state index < -0.39 is 5.82 Å². The molecule has 0 aliphatic rings. The van der Waals surface area contributed by atoms with E-state index in [0.717, 1.165) is 19.3 Å². The van der Waals surface area contributed by atoms with Gasteiger partial charge in [0.25, 0.3) is 0 Å². The molecular weight excluding hydrogens is 412 g/mol. The van der Waals surface area contributed by atoms with Gasteiger partial charge in [0, 0.05) is 20.3 Å². The first kappa shape index (κ1) is 13.6. The Morgan fingerprint density at radius 2 is 2.00 bits per heavy atom. The van der Waals surface area contributed by atoms with Crippen LogP contribution in [-0.2, 0) is 6.54 Å². The second-order valence-corrected chi connectivity index (χ2v) is 5.78. The first-order chi connectivity index (χ1) is 8.56. The standard InChI is InChI=1S/C13H10BrFINO/c14-10-3-2-9(6-12(10)16)17-7-8-1-4-13(18)11(15)5-8/h1-6,17-18H,7H2. The summed E-state index contributed by atoms with van der Waals surface area (Å²) in [5.74, 6) is -0.920. The Morgan fingerprint density at radius 3 is 2.67 bits per heavy atom. The fourth-order valence-corrected chi connectivity index (χ4v) is 2.23. The minimum Gasteiger partial charge on any atom is -0.505 e. The zero-order valence-corrected chi connectivity index (χ0v) is 13.0. The van der Waals surface area contributed by atoms with Crippen molar-refractivity contribution in [1.29, 1.82) is 0 Å². The third kappa shape index (κ3) is 3.35. The zero-order valence-electron chi connectivity index (χ0n) is 9.25. The van der Waals surface area contributed by atoms with Crippen molar-refractivity contribution in [3.05, 3.63) is 55.8 Å². The summed E-state index contributed by atoms with van der Waals surface area (Å²) < 4.78 is 15.3. The van der Waals surface area contributed by atoms with E-state index in [9.17, 15) is 4.39 Å². The fraction of sp³-hybridized carbons (Fsp3) is 0.0769. The number of anilines is 1. The molecule has 0 heterocycles. The van der Waals surface area contributed by atoms with Crippen LogP contribution >= 0.6 is 38.5 Å². The molecule has 0 saturated carbocycles. The maximum atomic E-state index is 13.1. The highest BCUT2D eigenvalue weighted by Crippen LogP contribution is 2.23. The number of hydrogen-bond acceptors (Lipinski definition) is 2. The predicted octanol–water partition coefficient (Wildman–Crippen LogP) is 4.51. The van der Waals surface area contributed by atoms with Crippen molar-refractivity contribution >= 4 is 44.2 Å². The highest BCUT2D eigenvalue weighted by Gasteiger charge is 2.02. The lowest BCUT2D eigenvalue weighted by molar-refractivity contribution is 0.432. The van der Waals surface area contributed by atoms with Crippen LogP contribution in [0.25, 0.3) is 0 Å². The molecule has 5 heteroatoms. The zero-order chi connectivity index (χ0) is 13.1. The monoisotopic (exact) mass is 421 g/mol. The van der Waals surface area contributed by atoms with Crippen LogP contribution in [0.4, 0.5) is 10.1 Å². The summed E-state index contributed by atoms with van der Waals surface area (Å²) in [6.07, 6.45) is 0. The number of nitrogens with one attached hydrogen (secondary N) is 1. The van der Waals surface area contributed by atoms with Gasteiger partial charge in [-0.25, -0.2) is 4.39 Å². The van der Waals surface area contributed by atoms with Gasteiger partial charge in [0.05, 0.1) is 0 Å². The molecule has 18 heavy (non-hydrogen) atoms. The maximum Gasteiger partial charge on any atom is 0.165 e. The van der Waals surface area contributed by atoms with Crippen LogP contribution < -0.4 is 5.32 Å². The third-order valence-corrected chi connectivity index (χ3v) is 4.75. The van der Waals surface area contributed by atoms with Crippen molar-refractivity contribution in [3.63, 3.8) is 0 Å². The number of phenolic OH excluding ortho intramolecular Hbond substituents is 1. The van der Waals surface area contributed by atoms with Crippen molar-refractivity contribution in [3.8, 4) is 5.75 Å². The van der Waals surface area contributed by atoms with Gasteiger partial charge in [0.1, 0.15) is 0 Å². The highest BCUT2D eigenvalue weighted by molar-refractivity contribution is 14.1. The SMILES string of the molecule is Oc1ccc(CNc2ccc(Br)c(I)c2)cc1F. The van der Waals surface area contributed by atoms with Crippen molar-refractivity contribution in [2.24, 2.45) is 0 Å². The summed E-state index contributed by atoms with van der Waals surface area (Å²) in [7, 11) is 0. The Bertz CT molecular complexity index is 525. The summed E-state index contributed by atoms with van der Waals surface area (Å²) in [6, 6.07) is 10.3. The van der Waals surface area contributed by atoms with Crippen LogP contribution in [0.15, 0.2) is 40.9 Å². The molecule has 0 aliphatic carbocycles. The lowest BCUT2D eigenvalue weighted by Crippen LogP contribution is -2.00. The molecule has 2 nitrogen and oxygen atoms in total. The molecule has 2 N–H and O–H groups in total. The van der Waals surface area contributed by atoms with Crippen molar-refractivity contribution < 1.29 is 9.50 Å². The van der Waals surface area contributed by atoms with E-state index in [-0.39, 0.29) is 5.75 Å². The Kier molecular flexibility index (Phi) is 4.45. The van der Waals surface area contributed by atoms with Crippen molar-refractivity contribution in [2.75, 3.05) is 5.32 Å². The van der Waals surface area contributed by atoms with Gasteiger partial charge in [-0.05, 0) is 74.4 Å². The summed E-state index contributed by atoms with van der Waals surface area (Å²) in [6.45, 7) is 0.509. The third-order valence-electron chi connectivity index (χ3n) is 2.43. The Labute approximate surface area is 126 Å². The number of rotatable bonds is 3. The van der Waals surface area contributed by atoms with Crippen LogP contribution in [0.1, 0.15) is 5.56 Å². The molecule has 2 rings (SSSR count). The normalized spacial score (nSPS) is 10.4. The van der Waals surface area contributed by atoms with Crippen LogP contribution in [-0.4, -0.2) is 5.11 Å². The first-order valence-corrected chi connectivity index (χ1v) is 7.10. The van der Waals surface area contributed by atoms with Gasteiger partial charge < -0.3 is 10.4 Å². The van der Waals surface area contributed by atoms with E-state index in [1.807, 2.05) is 18.2 Å². The molecule has 94 valence electrons. The smallest absolute Gasteiger partial charge is 0.165 e. The molecular formula is C13H10BrFINO. The van der Waals surface area contributed by atoms with E-state index >= 15 is 0 Å². The molecule has 0 atom stereocenters. The second kappa shape index (κ2) is 5.88. The number of halogens is 3. The summed E-state index contributed by atoms with van der Waals surface area (Å²) >= 11 is 5.66. The van der Waals surface area contributed by atoms with Gasteiger partial charge >= 0.3 is 0 Å². The van der Waals surface area contributed by atoms with Gasteiger partial charge in [-0.15, -0.1) is 0 Å². The Morgan fingerprint density at radius 1 is 1.22 bits per heavy atom. The molecule has 0 radical (unpaired) electrons. The van der Waals surface area contributed by atoms with E-state index in [1.54, 1.807) is 6.07 Å². The summed E-state index contributed by atoms with van der Waals surface area (Å²) in [5.41, 5.74) is 1.75. The number of aromatic hydroxyl groups is 1. The molecule has 0 spiro atoms. The van der Waals surface area contributed by atoms with Crippen molar-refractivity contribution in [2.45, 2.75) is 6.54 Å². The van der Waals surface area contributed by atoms with Crippen LogP contribution in [0, 0.1) is 9.39 Å². The van der Waals surface area contributed by atoms with Gasteiger partial charge in [-0.1, -0.05) is 6.07 Å². The average Bonchev–Trinajstić information content (AvgIpc) is 2.35. The van der Waals surface area contributed by atoms with Gasteiger partial charge in [-0.3, -0.25) is 0 Å². The van der Waals surface area contributed by atoms with Gasteiger partial charge in [0.2, 0.25) is 0 Å². The summed E-state index contributed by atoms with van der Waals surface area (Å²) in [5, 5.41) is 12.3.